The third kappa shape index (κ3) is 0.937. The van der Waals surface area contributed by atoms with E-state index in [0.717, 1.165) is 23.6 Å². The molecule has 1 N–H and O–H groups in total. The van der Waals surface area contributed by atoms with Gasteiger partial charge >= 0.3 is 0 Å². The highest BCUT2D eigenvalue weighted by Gasteiger charge is 2.19. The van der Waals surface area contributed by atoms with Gasteiger partial charge in [-0.15, -0.1) is 0 Å². The van der Waals surface area contributed by atoms with Gasteiger partial charge in [0.2, 0.25) is 5.91 Å². The van der Waals surface area contributed by atoms with Crippen LogP contribution in [0.15, 0.2) is 24.4 Å². The van der Waals surface area contributed by atoms with E-state index in [-0.39, 0.29) is 5.91 Å². The Hall–Kier alpha value is -1.84. The molecule has 1 aliphatic rings. The molecule has 3 rings (SSSR count). The first-order valence-electron chi connectivity index (χ1n) is 4.60. The van der Waals surface area contributed by atoms with Crippen LogP contribution in [-0.2, 0) is 11.2 Å². The van der Waals surface area contributed by atoms with Crippen LogP contribution in [0.4, 0.5) is 5.82 Å². The van der Waals surface area contributed by atoms with E-state index in [4.69, 9.17) is 0 Å². The third-order valence-electron chi connectivity index (χ3n) is 2.45. The fourth-order valence-electron chi connectivity index (χ4n) is 1.78. The molecule has 0 aromatic carbocycles. The minimum Gasteiger partial charge on any atom is -0.310 e. The predicted octanol–water partition coefficient (Wildman–Crippen LogP) is 1.22. The Morgan fingerprint density at radius 2 is 2.29 bits per heavy atom. The van der Waals surface area contributed by atoms with Crippen molar-refractivity contribution in [1.82, 2.24) is 9.38 Å². The number of amides is 1. The van der Waals surface area contributed by atoms with E-state index in [1.807, 2.05) is 28.8 Å². The number of aromatic nitrogens is 2. The zero-order chi connectivity index (χ0) is 9.54. The smallest absolute Gasteiger partial charge is 0.225 e. The van der Waals surface area contributed by atoms with Crippen LogP contribution in [-0.4, -0.2) is 15.3 Å². The standard InChI is InChI=1S/C10H9N3O/c14-9-5-4-7-10(12-9)13-6-2-1-3-8(13)11-7/h1-3,6H,4-5H2,(H,12,14). The van der Waals surface area contributed by atoms with Crippen molar-refractivity contribution in [2.24, 2.45) is 0 Å². The highest BCUT2D eigenvalue weighted by atomic mass is 16.1. The number of nitrogens with one attached hydrogen (secondary N) is 1. The van der Waals surface area contributed by atoms with Crippen molar-refractivity contribution in [3.63, 3.8) is 0 Å². The van der Waals surface area contributed by atoms with Crippen molar-refractivity contribution >= 4 is 17.4 Å². The van der Waals surface area contributed by atoms with E-state index in [0.29, 0.717) is 6.42 Å². The summed E-state index contributed by atoms with van der Waals surface area (Å²) in [4.78, 5) is 15.7. The molecule has 1 aliphatic heterocycles. The SMILES string of the molecule is O=C1CCc2nc3ccccn3c2N1. The molecule has 0 fully saturated rings. The molecule has 0 unspecified atom stereocenters. The first kappa shape index (κ1) is 7.55. The van der Waals surface area contributed by atoms with Crippen molar-refractivity contribution in [2.75, 3.05) is 5.32 Å². The van der Waals surface area contributed by atoms with E-state index in [2.05, 4.69) is 10.3 Å². The Morgan fingerprint density at radius 3 is 3.21 bits per heavy atom. The molecule has 0 aliphatic carbocycles. The average molecular weight is 187 g/mol. The second kappa shape index (κ2) is 2.57. The predicted molar refractivity (Wildman–Crippen MR) is 52.1 cm³/mol. The quantitative estimate of drug-likeness (QED) is 0.674. The van der Waals surface area contributed by atoms with Gasteiger partial charge in [-0.1, -0.05) is 6.07 Å². The number of carbonyl (C=O) groups excluding carboxylic acids is 1. The number of carbonyl (C=O) groups is 1. The summed E-state index contributed by atoms with van der Waals surface area (Å²) in [5.41, 5.74) is 1.87. The Kier molecular flexibility index (Phi) is 1.39. The lowest BCUT2D eigenvalue weighted by Crippen LogP contribution is -2.19. The van der Waals surface area contributed by atoms with E-state index in [1.54, 1.807) is 0 Å². The minimum absolute atomic E-state index is 0.0724. The zero-order valence-corrected chi connectivity index (χ0v) is 7.53. The van der Waals surface area contributed by atoms with Crippen molar-refractivity contribution in [3.8, 4) is 0 Å². The van der Waals surface area contributed by atoms with Gasteiger partial charge in [-0.05, 0) is 12.1 Å². The molecule has 0 saturated carbocycles. The van der Waals surface area contributed by atoms with Crippen LogP contribution in [0.25, 0.3) is 5.65 Å². The van der Waals surface area contributed by atoms with Gasteiger partial charge in [-0.2, -0.15) is 0 Å². The summed E-state index contributed by atoms with van der Waals surface area (Å²) >= 11 is 0. The second-order valence-corrected chi connectivity index (χ2v) is 3.38. The lowest BCUT2D eigenvalue weighted by atomic mass is 10.2. The van der Waals surface area contributed by atoms with Gasteiger partial charge in [0.05, 0.1) is 5.69 Å². The number of imidazole rings is 1. The van der Waals surface area contributed by atoms with Crippen LogP contribution in [0.3, 0.4) is 0 Å². The second-order valence-electron chi connectivity index (χ2n) is 3.38. The summed E-state index contributed by atoms with van der Waals surface area (Å²) in [5, 5.41) is 2.84. The Morgan fingerprint density at radius 1 is 1.36 bits per heavy atom. The van der Waals surface area contributed by atoms with Gasteiger partial charge in [-0.25, -0.2) is 4.98 Å². The van der Waals surface area contributed by atoms with Crippen LogP contribution in [0.5, 0.6) is 0 Å². The van der Waals surface area contributed by atoms with Crippen LogP contribution in [0.2, 0.25) is 0 Å². The Labute approximate surface area is 80.6 Å². The summed E-state index contributed by atoms with van der Waals surface area (Å²) in [6, 6.07) is 5.80. The first-order chi connectivity index (χ1) is 6.84. The van der Waals surface area contributed by atoms with Gasteiger partial charge in [-0.3, -0.25) is 9.20 Å². The van der Waals surface area contributed by atoms with Crippen molar-refractivity contribution in [1.29, 1.82) is 0 Å². The molecular formula is C10H9N3O. The van der Waals surface area contributed by atoms with Gasteiger partial charge in [0, 0.05) is 19.0 Å². The highest BCUT2D eigenvalue weighted by molar-refractivity contribution is 5.93. The maximum absolute atomic E-state index is 11.2. The molecule has 4 nitrogen and oxygen atoms in total. The highest BCUT2D eigenvalue weighted by Crippen LogP contribution is 2.23. The number of hydrogen-bond acceptors (Lipinski definition) is 2. The van der Waals surface area contributed by atoms with E-state index in [1.165, 1.54) is 0 Å². The molecule has 3 heterocycles. The summed E-state index contributed by atoms with van der Waals surface area (Å²) in [6.07, 6.45) is 3.19. The van der Waals surface area contributed by atoms with Crippen molar-refractivity contribution in [2.45, 2.75) is 12.8 Å². The number of rotatable bonds is 0. The lowest BCUT2D eigenvalue weighted by Gasteiger charge is -2.11. The summed E-state index contributed by atoms with van der Waals surface area (Å²) in [6.45, 7) is 0. The molecular weight excluding hydrogens is 178 g/mol. The first-order valence-corrected chi connectivity index (χ1v) is 4.60. The number of aryl methyl sites for hydroxylation is 1. The van der Waals surface area contributed by atoms with Crippen LogP contribution in [0, 0.1) is 0 Å². The van der Waals surface area contributed by atoms with E-state index < -0.39 is 0 Å². The van der Waals surface area contributed by atoms with Crippen molar-refractivity contribution in [3.05, 3.63) is 30.1 Å². The number of fused-ring (bicyclic) bond motifs is 3. The average Bonchev–Trinajstić information content (AvgIpc) is 2.56. The molecule has 70 valence electrons. The molecule has 2 aromatic heterocycles. The monoisotopic (exact) mass is 187 g/mol. The molecule has 2 aromatic rings. The van der Waals surface area contributed by atoms with Crippen LogP contribution in [0.1, 0.15) is 12.1 Å². The molecule has 0 spiro atoms. The molecule has 4 heteroatoms. The molecule has 0 saturated heterocycles. The summed E-state index contributed by atoms with van der Waals surface area (Å²) in [7, 11) is 0. The topological polar surface area (TPSA) is 46.4 Å². The lowest BCUT2D eigenvalue weighted by molar-refractivity contribution is -0.116. The third-order valence-corrected chi connectivity index (χ3v) is 2.45. The number of hydrogen-bond donors (Lipinski definition) is 1. The molecule has 0 atom stereocenters. The van der Waals surface area contributed by atoms with Crippen molar-refractivity contribution < 1.29 is 4.79 Å². The maximum atomic E-state index is 11.2. The fourth-order valence-corrected chi connectivity index (χ4v) is 1.78. The summed E-state index contributed by atoms with van der Waals surface area (Å²) < 4.78 is 1.91. The van der Waals surface area contributed by atoms with Gasteiger partial charge in [0.25, 0.3) is 0 Å². The zero-order valence-electron chi connectivity index (χ0n) is 7.53. The molecule has 14 heavy (non-hydrogen) atoms. The van der Waals surface area contributed by atoms with Gasteiger partial charge in [0.15, 0.2) is 0 Å². The summed E-state index contributed by atoms with van der Waals surface area (Å²) in [5.74, 6) is 0.903. The molecule has 0 bridgehead atoms. The van der Waals surface area contributed by atoms with E-state index in [9.17, 15) is 4.79 Å². The fraction of sp³-hybridized carbons (Fsp3) is 0.200. The number of pyridine rings is 1. The minimum atomic E-state index is 0.0724. The Bertz CT molecular complexity index is 515. The number of anilines is 1. The number of nitrogens with zero attached hydrogens (tertiary/aromatic N) is 2. The van der Waals surface area contributed by atoms with E-state index >= 15 is 0 Å². The molecule has 0 radical (unpaired) electrons. The van der Waals surface area contributed by atoms with Gasteiger partial charge < -0.3 is 5.32 Å². The van der Waals surface area contributed by atoms with Crippen LogP contribution >= 0.6 is 0 Å². The van der Waals surface area contributed by atoms with Crippen LogP contribution < -0.4 is 5.32 Å². The molecule has 1 amide bonds. The van der Waals surface area contributed by atoms with Gasteiger partial charge in [0.1, 0.15) is 11.5 Å². The maximum Gasteiger partial charge on any atom is 0.225 e. The Balaban J connectivity index is 2.30. The largest absolute Gasteiger partial charge is 0.310 e. The normalized spacial score (nSPS) is 15.3.